The lowest BCUT2D eigenvalue weighted by Crippen LogP contribution is -2.29. The lowest BCUT2D eigenvalue weighted by Gasteiger charge is -2.20. The third-order valence-electron chi connectivity index (χ3n) is 3.76. The van der Waals surface area contributed by atoms with E-state index in [1.807, 2.05) is 55.5 Å². The normalized spacial score (nSPS) is 12.5. The van der Waals surface area contributed by atoms with Crippen LogP contribution in [0.5, 0.6) is 0 Å². The Bertz CT molecular complexity index is 781. The van der Waals surface area contributed by atoms with Crippen molar-refractivity contribution in [1.82, 2.24) is 10.4 Å². The van der Waals surface area contributed by atoms with Crippen LogP contribution in [0.25, 0.3) is 10.9 Å². The van der Waals surface area contributed by atoms with Gasteiger partial charge in [-0.05, 0) is 30.2 Å². The second-order valence-corrected chi connectivity index (χ2v) is 5.38. The van der Waals surface area contributed by atoms with Crippen molar-refractivity contribution in [2.75, 3.05) is 0 Å². The Morgan fingerprint density at radius 2 is 1.76 bits per heavy atom. The highest BCUT2D eigenvalue weighted by molar-refractivity contribution is 6.31. The third kappa shape index (κ3) is 2.51. The smallest absolute Gasteiger partial charge is 0.0753 e. The fourth-order valence-electron chi connectivity index (χ4n) is 2.64. The number of fused-ring (bicyclic) bond motifs is 1. The summed E-state index contributed by atoms with van der Waals surface area (Å²) >= 11 is 6.24. The third-order valence-corrected chi connectivity index (χ3v) is 4.17. The first kappa shape index (κ1) is 14.0. The van der Waals surface area contributed by atoms with Crippen LogP contribution in [0.2, 0.25) is 5.02 Å². The Balaban J connectivity index is 2.21. The second kappa shape index (κ2) is 5.82. The van der Waals surface area contributed by atoms with Crippen molar-refractivity contribution in [3.05, 3.63) is 76.4 Å². The van der Waals surface area contributed by atoms with E-state index in [1.165, 1.54) is 0 Å². The van der Waals surface area contributed by atoms with Gasteiger partial charge in [0.05, 0.1) is 11.6 Å². The van der Waals surface area contributed by atoms with E-state index in [2.05, 4.69) is 10.4 Å². The summed E-state index contributed by atoms with van der Waals surface area (Å²) < 4.78 is 0. The molecule has 0 fully saturated rings. The number of hydrogen-bond donors (Lipinski definition) is 2. The van der Waals surface area contributed by atoms with E-state index >= 15 is 0 Å². The van der Waals surface area contributed by atoms with Gasteiger partial charge in [0.15, 0.2) is 0 Å². The van der Waals surface area contributed by atoms with Crippen LogP contribution in [0.4, 0.5) is 0 Å². The fourth-order valence-corrected chi connectivity index (χ4v) is 2.83. The molecule has 3 N–H and O–H groups in total. The first-order valence-electron chi connectivity index (χ1n) is 6.77. The van der Waals surface area contributed by atoms with Crippen LogP contribution in [0, 0.1) is 6.92 Å². The summed E-state index contributed by atoms with van der Waals surface area (Å²) in [7, 11) is 0. The van der Waals surface area contributed by atoms with E-state index in [-0.39, 0.29) is 6.04 Å². The van der Waals surface area contributed by atoms with Crippen LogP contribution in [0.1, 0.15) is 22.7 Å². The number of hydrogen-bond acceptors (Lipinski definition) is 3. The quantitative estimate of drug-likeness (QED) is 0.572. The van der Waals surface area contributed by atoms with Gasteiger partial charge in [-0.2, -0.15) is 0 Å². The maximum Gasteiger partial charge on any atom is 0.0753 e. The molecule has 0 bridgehead atoms. The highest BCUT2D eigenvalue weighted by atomic mass is 35.5. The largest absolute Gasteiger partial charge is 0.271 e. The number of nitrogens with one attached hydrogen (secondary N) is 1. The van der Waals surface area contributed by atoms with Crippen molar-refractivity contribution in [2.24, 2.45) is 5.84 Å². The van der Waals surface area contributed by atoms with Crippen LogP contribution in [0.3, 0.4) is 0 Å². The van der Waals surface area contributed by atoms with Gasteiger partial charge in [0.1, 0.15) is 0 Å². The highest BCUT2D eigenvalue weighted by Crippen LogP contribution is 2.31. The molecule has 0 amide bonds. The van der Waals surface area contributed by atoms with Crippen molar-refractivity contribution in [3.8, 4) is 0 Å². The lowest BCUT2D eigenvalue weighted by molar-refractivity contribution is 0.637. The van der Waals surface area contributed by atoms with Gasteiger partial charge in [-0.25, -0.2) is 5.43 Å². The van der Waals surface area contributed by atoms with E-state index in [0.29, 0.717) is 0 Å². The topological polar surface area (TPSA) is 50.9 Å². The second-order valence-electron chi connectivity index (χ2n) is 4.98. The highest BCUT2D eigenvalue weighted by Gasteiger charge is 2.18. The zero-order valence-electron chi connectivity index (χ0n) is 11.7. The summed E-state index contributed by atoms with van der Waals surface area (Å²) in [6.45, 7) is 2.00. The molecule has 1 aromatic heterocycles. The van der Waals surface area contributed by atoms with Crippen LogP contribution in [0.15, 0.2) is 54.7 Å². The van der Waals surface area contributed by atoms with Crippen LogP contribution in [-0.2, 0) is 0 Å². The molecule has 3 aromatic rings. The molecule has 0 saturated carbocycles. The Morgan fingerprint density at radius 3 is 2.57 bits per heavy atom. The molecule has 3 rings (SSSR count). The number of rotatable bonds is 3. The van der Waals surface area contributed by atoms with Gasteiger partial charge in [0.25, 0.3) is 0 Å². The van der Waals surface area contributed by atoms with Gasteiger partial charge >= 0.3 is 0 Å². The maximum absolute atomic E-state index is 6.24. The van der Waals surface area contributed by atoms with Crippen molar-refractivity contribution in [3.63, 3.8) is 0 Å². The van der Waals surface area contributed by atoms with Crippen molar-refractivity contribution in [2.45, 2.75) is 13.0 Å². The summed E-state index contributed by atoms with van der Waals surface area (Å²) in [6, 6.07) is 15.8. The molecule has 0 saturated heterocycles. The molecule has 1 unspecified atom stereocenters. The Labute approximate surface area is 128 Å². The molecule has 0 aliphatic heterocycles. The standard InChI is InChI=1S/C17H16ClN3/c1-11-13(7-3-9-15(11)18)17(21-19)14-8-2-5-12-6-4-10-20-16(12)14/h2-10,17,21H,19H2,1H3. The molecule has 106 valence electrons. The van der Waals surface area contributed by atoms with Gasteiger partial charge in [0, 0.05) is 22.2 Å². The van der Waals surface area contributed by atoms with E-state index in [0.717, 1.165) is 32.6 Å². The number of aromatic nitrogens is 1. The van der Waals surface area contributed by atoms with Crippen molar-refractivity contribution < 1.29 is 0 Å². The van der Waals surface area contributed by atoms with Gasteiger partial charge in [-0.3, -0.25) is 10.8 Å². The Kier molecular flexibility index (Phi) is 3.88. The molecule has 3 nitrogen and oxygen atoms in total. The zero-order valence-corrected chi connectivity index (χ0v) is 12.4. The predicted molar refractivity (Wildman–Crippen MR) is 87.1 cm³/mol. The molecule has 2 aromatic carbocycles. The van der Waals surface area contributed by atoms with E-state index in [4.69, 9.17) is 17.4 Å². The molecular formula is C17H16ClN3. The van der Waals surface area contributed by atoms with Crippen molar-refractivity contribution in [1.29, 1.82) is 0 Å². The average Bonchev–Trinajstić information content (AvgIpc) is 2.52. The Morgan fingerprint density at radius 1 is 1.05 bits per heavy atom. The number of halogens is 1. The molecule has 1 heterocycles. The molecule has 1 atom stereocenters. The SMILES string of the molecule is Cc1c(Cl)cccc1C(NN)c1cccc2cccnc12. The molecule has 0 aliphatic carbocycles. The van der Waals surface area contributed by atoms with Gasteiger partial charge < -0.3 is 0 Å². The number of nitrogens with zero attached hydrogens (tertiary/aromatic N) is 1. The monoisotopic (exact) mass is 297 g/mol. The molecule has 21 heavy (non-hydrogen) atoms. The predicted octanol–water partition coefficient (Wildman–Crippen LogP) is 3.75. The molecule has 0 radical (unpaired) electrons. The molecule has 0 spiro atoms. The first-order valence-corrected chi connectivity index (χ1v) is 7.15. The molecule has 0 aliphatic rings. The van der Waals surface area contributed by atoms with Crippen molar-refractivity contribution >= 4 is 22.5 Å². The van der Waals surface area contributed by atoms with Gasteiger partial charge in [-0.15, -0.1) is 0 Å². The first-order chi connectivity index (χ1) is 10.2. The summed E-state index contributed by atoms with van der Waals surface area (Å²) in [5.41, 5.74) is 6.97. The van der Waals surface area contributed by atoms with E-state index < -0.39 is 0 Å². The number of para-hydroxylation sites is 1. The van der Waals surface area contributed by atoms with Crippen LogP contribution in [-0.4, -0.2) is 4.98 Å². The number of nitrogens with two attached hydrogens (primary N) is 1. The van der Waals surface area contributed by atoms with E-state index in [9.17, 15) is 0 Å². The molecular weight excluding hydrogens is 282 g/mol. The summed E-state index contributed by atoms with van der Waals surface area (Å²) in [4.78, 5) is 4.50. The fraction of sp³-hybridized carbons (Fsp3) is 0.118. The summed E-state index contributed by atoms with van der Waals surface area (Å²) in [5, 5.41) is 1.83. The zero-order chi connectivity index (χ0) is 14.8. The summed E-state index contributed by atoms with van der Waals surface area (Å²) in [6.07, 6.45) is 1.80. The molecule has 4 heteroatoms. The van der Waals surface area contributed by atoms with Crippen LogP contribution < -0.4 is 11.3 Å². The summed E-state index contributed by atoms with van der Waals surface area (Å²) in [5.74, 6) is 5.83. The lowest BCUT2D eigenvalue weighted by atomic mass is 9.94. The minimum Gasteiger partial charge on any atom is -0.271 e. The maximum atomic E-state index is 6.24. The average molecular weight is 298 g/mol. The van der Waals surface area contributed by atoms with Gasteiger partial charge in [0.2, 0.25) is 0 Å². The number of pyridine rings is 1. The Hall–Kier alpha value is -1.94. The minimum absolute atomic E-state index is 0.151. The number of hydrazine groups is 1. The number of benzene rings is 2. The minimum atomic E-state index is -0.151. The van der Waals surface area contributed by atoms with Crippen LogP contribution >= 0.6 is 11.6 Å². The van der Waals surface area contributed by atoms with Gasteiger partial charge in [-0.1, -0.05) is 48.0 Å². The van der Waals surface area contributed by atoms with E-state index in [1.54, 1.807) is 6.20 Å².